The maximum Gasteiger partial charge on any atom is 0.267 e. The van der Waals surface area contributed by atoms with E-state index in [2.05, 4.69) is 30.7 Å². The minimum Gasteiger partial charge on any atom is -0.373 e. The molecule has 3 atom stereocenters. The molecule has 1 saturated carbocycles. The van der Waals surface area contributed by atoms with Crippen molar-refractivity contribution in [3.05, 3.63) is 109 Å². The van der Waals surface area contributed by atoms with E-state index in [1.807, 2.05) is 19.9 Å². The second kappa shape index (κ2) is 20.4. The molecule has 3 heterocycles. The summed E-state index contributed by atoms with van der Waals surface area (Å²) in [5.74, 6) is -5.28. The van der Waals surface area contributed by atoms with E-state index in [-0.39, 0.29) is 61.9 Å². The Bertz CT molecular complexity index is 2490. The van der Waals surface area contributed by atoms with Gasteiger partial charge in [-0.2, -0.15) is 0 Å². The van der Waals surface area contributed by atoms with Crippen LogP contribution in [-0.2, 0) is 26.7 Å². The number of ether oxygens (including phenoxy) is 1. The molecule has 4 aromatic rings. The summed E-state index contributed by atoms with van der Waals surface area (Å²) in [7, 11) is -4.04. The summed E-state index contributed by atoms with van der Waals surface area (Å²) in [6.07, 6.45) is 5.82. The number of rotatable bonds is 11. The number of allylic oxidation sites excluding steroid dienone is 2. The Hall–Kier alpha value is -4.05. The molecule has 0 radical (unpaired) electrons. The molecule has 3 unspecified atom stereocenters. The molecule has 344 valence electrons. The van der Waals surface area contributed by atoms with Crippen LogP contribution < -0.4 is 5.56 Å². The Labute approximate surface area is 372 Å². The van der Waals surface area contributed by atoms with E-state index >= 15 is 4.39 Å². The molecule has 63 heavy (non-hydrogen) atoms. The second-order valence-electron chi connectivity index (χ2n) is 16.9. The van der Waals surface area contributed by atoms with Crippen LogP contribution in [0, 0.1) is 30.9 Å². The lowest BCUT2D eigenvalue weighted by Crippen LogP contribution is -2.45. The zero-order chi connectivity index (χ0) is 46.6. The SMILES string of the molecule is CC.CCCCCN1CC(C)OC(C)C1.Cc1c(-n2c(C(Cc3cc(F)cc(F)c3)C3=CC3)nc3nc(C4(F)CCC(F)(F)CC4)cc(C)c3c2=O)ccc(Cl)c1C(=N)S(C)(=O)=O. The number of pyridine rings is 1. The van der Waals surface area contributed by atoms with Gasteiger partial charge in [0.1, 0.15) is 17.5 Å². The van der Waals surface area contributed by atoms with E-state index in [1.165, 1.54) is 55.5 Å². The minimum absolute atomic E-state index is 0.00153. The van der Waals surface area contributed by atoms with Crippen LogP contribution in [0.4, 0.5) is 22.0 Å². The van der Waals surface area contributed by atoms with Gasteiger partial charge >= 0.3 is 0 Å². The molecule has 16 heteroatoms. The summed E-state index contributed by atoms with van der Waals surface area (Å²) >= 11 is 6.39. The Kier molecular flexibility index (Phi) is 16.2. The topological polar surface area (TPSA) is 118 Å². The molecule has 2 fully saturated rings. The predicted octanol–water partition coefficient (Wildman–Crippen LogP) is 11.0. The number of alkyl halides is 3. The van der Waals surface area contributed by atoms with E-state index in [0.717, 1.165) is 43.1 Å². The van der Waals surface area contributed by atoms with Crippen molar-refractivity contribution in [2.75, 3.05) is 25.9 Å². The van der Waals surface area contributed by atoms with Crippen molar-refractivity contribution in [3.63, 3.8) is 0 Å². The van der Waals surface area contributed by atoms with Gasteiger partial charge in [0, 0.05) is 49.7 Å². The lowest BCUT2D eigenvalue weighted by molar-refractivity contribution is -0.0784. The lowest BCUT2D eigenvalue weighted by Gasteiger charge is -2.35. The highest BCUT2D eigenvalue weighted by molar-refractivity contribution is 8.06. The number of unbranched alkanes of at least 4 members (excludes halogenated alkanes) is 2. The smallest absolute Gasteiger partial charge is 0.267 e. The number of aryl methyl sites for hydroxylation is 1. The Balaban J connectivity index is 0.000000425. The van der Waals surface area contributed by atoms with Crippen LogP contribution in [0.15, 0.2) is 52.8 Å². The van der Waals surface area contributed by atoms with E-state index in [1.54, 1.807) is 6.92 Å². The number of morpholine rings is 1. The fourth-order valence-corrected chi connectivity index (χ4v) is 9.45. The van der Waals surface area contributed by atoms with Crippen LogP contribution in [0.2, 0.25) is 5.02 Å². The number of sulfone groups is 1. The molecule has 2 aliphatic carbocycles. The third kappa shape index (κ3) is 12.0. The van der Waals surface area contributed by atoms with Crippen molar-refractivity contribution in [2.45, 2.75) is 136 Å². The largest absolute Gasteiger partial charge is 0.373 e. The monoisotopic (exact) mass is 919 g/mol. The van der Waals surface area contributed by atoms with Gasteiger partial charge in [-0.05, 0) is 113 Å². The standard InChI is InChI=1S/C34H30ClF5N4O3S.C11H23NO.C2H6/c1-17-12-26(33(38)8-10-34(39,40)11-9-33)42-30-27(17)32(45)44(25-7-6-24(35)28(18(25)2)29(41)48(3,46)47)31(43-30)23(20-4-5-20)15-19-13-21(36)16-22(37)14-19;1-4-5-6-7-12-8-10(2)13-11(3)9-12;1-2/h4,6-7,12-14,16,23,41H,5,8-11,15H2,1-3H3;10-11H,4-9H2,1-3H3;1-2H3. The van der Waals surface area contributed by atoms with Gasteiger partial charge in [-0.3, -0.25) is 19.7 Å². The van der Waals surface area contributed by atoms with Crippen molar-refractivity contribution >= 4 is 37.5 Å². The number of nitrogens with one attached hydrogen (secondary N) is 1. The van der Waals surface area contributed by atoms with Crippen LogP contribution in [0.1, 0.15) is 126 Å². The van der Waals surface area contributed by atoms with Crippen molar-refractivity contribution in [1.29, 1.82) is 5.41 Å². The second-order valence-corrected chi connectivity index (χ2v) is 19.2. The molecule has 9 nitrogen and oxygen atoms in total. The van der Waals surface area contributed by atoms with Gasteiger partial charge in [-0.1, -0.05) is 56.9 Å². The van der Waals surface area contributed by atoms with E-state index < -0.39 is 75.3 Å². The zero-order valence-corrected chi connectivity index (χ0v) is 38.9. The average Bonchev–Trinajstić information content (AvgIpc) is 4.04. The van der Waals surface area contributed by atoms with Gasteiger partial charge < -0.3 is 4.74 Å². The predicted molar refractivity (Wildman–Crippen MR) is 240 cm³/mol. The average molecular weight is 921 g/mol. The first-order valence-electron chi connectivity index (χ1n) is 21.7. The first-order chi connectivity index (χ1) is 29.6. The van der Waals surface area contributed by atoms with Crippen molar-refractivity contribution in [1.82, 2.24) is 19.4 Å². The molecule has 0 amide bonds. The molecule has 1 N–H and O–H groups in total. The first-order valence-corrected chi connectivity index (χ1v) is 24.0. The zero-order valence-electron chi connectivity index (χ0n) is 37.4. The fourth-order valence-electron chi connectivity index (χ4n) is 8.46. The van der Waals surface area contributed by atoms with E-state index in [0.29, 0.717) is 18.6 Å². The van der Waals surface area contributed by atoms with Crippen LogP contribution >= 0.6 is 11.6 Å². The normalized spacial score (nSPS) is 19.9. The summed E-state index contributed by atoms with van der Waals surface area (Å²) in [5.41, 5.74) is -1.56. The molecular weight excluding hydrogens is 861 g/mol. The van der Waals surface area contributed by atoms with E-state index in [4.69, 9.17) is 26.7 Å². The Morgan fingerprint density at radius 3 is 2.13 bits per heavy atom. The highest BCUT2D eigenvalue weighted by Gasteiger charge is 2.46. The number of nitrogens with zero attached hydrogens (tertiary/aromatic N) is 4. The van der Waals surface area contributed by atoms with Crippen molar-refractivity contribution < 1.29 is 35.1 Å². The Morgan fingerprint density at radius 2 is 1.57 bits per heavy atom. The summed E-state index contributed by atoms with van der Waals surface area (Å²) in [6, 6.07) is 7.24. The molecule has 1 saturated heterocycles. The molecular formula is C47H59ClF5N5O4S. The number of benzene rings is 2. The molecule has 1 aliphatic heterocycles. The number of aromatic nitrogens is 3. The minimum atomic E-state index is -4.04. The van der Waals surface area contributed by atoms with Crippen molar-refractivity contribution in [2.24, 2.45) is 0 Å². The maximum atomic E-state index is 16.2. The Morgan fingerprint density at radius 1 is 0.968 bits per heavy atom. The third-order valence-electron chi connectivity index (χ3n) is 11.7. The van der Waals surface area contributed by atoms with Gasteiger partial charge in [0.05, 0.1) is 34.0 Å². The third-order valence-corrected chi connectivity index (χ3v) is 12.9. The maximum absolute atomic E-state index is 16.2. The van der Waals surface area contributed by atoms with Gasteiger partial charge in [0.25, 0.3) is 5.56 Å². The van der Waals surface area contributed by atoms with Crippen LogP contribution in [0.5, 0.6) is 0 Å². The molecule has 3 aliphatic rings. The van der Waals surface area contributed by atoms with Crippen LogP contribution in [0.25, 0.3) is 16.7 Å². The highest BCUT2D eigenvalue weighted by atomic mass is 35.5. The summed E-state index contributed by atoms with van der Waals surface area (Å²) in [6.45, 7) is 17.1. The van der Waals surface area contributed by atoms with E-state index in [9.17, 15) is 30.8 Å². The van der Waals surface area contributed by atoms with Gasteiger partial charge in [0.2, 0.25) is 5.92 Å². The van der Waals surface area contributed by atoms with Gasteiger partial charge in [0.15, 0.2) is 26.2 Å². The molecule has 7 rings (SSSR count). The molecule has 0 spiro atoms. The highest BCUT2D eigenvalue weighted by Crippen LogP contribution is 2.46. The van der Waals surface area contributed by atoms with Gasteiger partial charge in [-0.15, -0.1) is 0 Å². The fraction of sp³-hybridized carbons (Fsp3) is 0.532. The van der Waals surface area contributed by atoms with Crippen LogP contribution in [-0.4, -0.2) is 76.9 Å². The first kappa shape index (κ1) is 50.0. The van der Waals surface area contributed by atoms with Gasteiger partial charge in [-0.25, -0.2) is 40.3 Å². The molecule has 2 aromatic carbocycles. The molecule has 0 bridgehead atoms. The summed E-state index contributed by atoms with van der Waals surface area (Å²) in [5, 5.41) is 7.56. The number of fused-ring (bicyclic) bond motifs is 1. The number of halogens is 6. The van der Waals surface area contributed by atoms with Crippen LogP contribution in [0.3, 0.4) is 0 Å². The lowest BCUT2D eigenvalue weighted by atomic mass is 9.81. The number of hydrogen-bond donors (Lipinski definition) is 1. The molecule has 2 aromatic heterocycles. The summed E-state index contributed by atoms with van der Waals surface area (Å²) < 4.78 is 104. The van der Waals surface area contributed by atoms with Crippen molar-refractivity contribution in [3.8, 4) is 5.69 Å². The summed E-state index contributed by atoms with van der Waals surface area (Å²) in [4.78, 5) is 26.3. The number of hydrogen-bond acceptors (Lipinski definition) is 8. The quantitative estimate of drug-likeness (QED) is 0.0523.